The van der Waals surface area contributed by atoms with Crippen LogP contribution >= 0.6 is 0 Å². The van der Waals surface area contributed by atoms with Gasteiger partial charge in [0.25, 0.3) is 0 Å². The summed E-state index contributed by atoms with van der Waals surface area (Å²) in [6.07, 6.45) is 4.12. The van der Waals surface area contributed by atoms with Crippen LogP contribution in [0.3, 0.4) is 0 Å². The average Bonchev–Trinajstić information content (AvgIpc) is 3.26. The predicted molar refractivity (Wildman–Crippen MR) is 107 cm³/mol. The summed E-state index contributed by atoms with van der Waals surface area (Å²) in [4.78, 5) is 4.88. The first-order valence-corrected chi connectivity index (χ1v) is 8.74. The van der Waals surface area contributed by atoms with Crippen LogP contribution in [0.5, 0.6) is 0 Å². The van der Waals surface area contributed by atoms with E-state index < -0.39 is 0 Å². The highest BCUT2D eigenvalue weighted by atomic mass is 16.5. The molecule has 4 heteroatoms. The van der Waals surface area contributed by atoms with E-state index in [4.69, 9.17) is 9.73 Å². The van der Waals surface area contributed by atoms with E-state index in [0.29, 0.717) is 0 Å². The Bertz CT molecular complexity index is 1110. The number of para-hydroxylation sites is 1. The second-order valence-corrected chi connectivity index (χ2v) is 6.80. The molecule has 3 aromatic rings. The Morgan fingerprint density at radius 3 is 2.46 bits per heavy atom. The third-order valence-corrected chi connectivity index (χ3v) is 5.19. The molecule has 4 nitrogen and oxygen atoms in total. The molecule has 0 N–H and O–H groups in total. The lowest BCUT2D eigenvalue weighted by Gasteiger charge is -2.05. The maximum atomic E-state index is 5.61. The van der Waals surface area contributed by atoms with E-state index in [9.17, 15) is 0 Å². The van der Waals surface area contributed by atoms with Gasteiger partial charge in [0.2, 0.25) is 0 Å². The van der Waals surface area contributed by atoms with E-state index in [1.165, 1.54) is 22.2 Å². The number of aromatic nitrogens is 2. The summed E-state index contributed by atoms with van der Waals surface area (Å²) in [5, 5.41) is 1.21. The van der Waals surface area contributed by atoms with Gasteiger partial charge >= 0.3 is 0 Å². The minimum Gasteiger partial charge on any atom is -0.494 e. The normalized spacial score (nSPS) is 15.7. The van der Waals surface area contributed by atoms with Crippen LogP contribution in [-0.4, -0.2) is 22.0 Å². The van der Waals surface area contributed by atoms with Crippen molar-refractivity contribution in [1.82, 2.24) is 9.13 Å². The lowest BCUT2D eigenvalue weighted by atomic mass is 10.2. The van der Waals surface area contributed by atoms with Gasteiger partial charge in [-0.1, -0.05) is 18.2 Å². The molecule has 132 valence electrons. The number of allylic oxidation sites excluding steroid dienone is 1. The first-order chi connectivity index (χ1) is 12.5. The molecule has 1 aliphatic rings. The number of nitrogens with zero attached hydrogens (tertiary/aromatic N) is 3. The van der Waals surface area contributed by atoms with Gasteiger partial charge in [0.05, 0.1) is 18.5 Å². The molecule has 0 aliphatic carbocycles. The Labute approximate surface area is 153 Å². The monoisotopic (exact) mass is 345 g/mol. The topological polar surface area (TPSA) is 31.4 Å². The first-order valence-electron chi connectivity index (χ1n) is 8.74. The highest BCUT2D eigenvalue weighted by Crippen LogP contribution is 2.28. The average molecular weight is 345 g/mol. The maximum Gasteiger partial charge on any atom is 0.146 e. The van der Waals surface area contributed by atoms with E-state index in [1.807, 2.05) is 6.08 Å². The Morgan fingerprint density at radius 2 is 1.81 bits per heavy atom. The standard InChI is InChI=1S/C22H23N3O/c1-14-10-15(2)24(3)20(14)12-18-22(26-5)13-17(23-18)21-11-16-8-6-7-9-19(16)25(21)4/h6-13H,1-5H3/b18-12-. The molecule has 3 heterocycles. The van der Waals surface area contributed by atoms with Crippen molar-refractivity contribution in [2.75, 3.05) is 7.11 Å². The van der Waals surface area contributed by atoms with Gasteiger partial charge in [-0.3, -0.25) is 0 Å². The van der Waals surface area contributed by atoms with Crippen LogP contribution in [0.15, 0.2) is 58.9 Å². The van der Waals surface area contributed by atoms with Crippen LogP contribution in [0.1, 0.15) is 22.6 Å². The minimum absolute atomic E-state index is 0.795. The number of benzene rings is 1. The molecule has 4 rings (SSSR count). The highest BCUT2D eigenvalue weighted by molar-refractivity contribution is 6.13. The summed E-state index contributed by atoms with van der Waals surface area (Å²) < 4.78 is 9.97. The van der Waals surface area contributed by atoms with E-state index in [1.54, 1.807) is 7.11 Å². The van der Waals surface area contributed by atoms with E-state index >= 15 is 0 Å². The Morgan fingerprint density at radius 1 is 1.04 bits per heavy atom. The Hall–Kier alpha value is -3.01. The van der Waals surface area contributed by atoms with Crippen molar-refractivity contribution in [2.24, 2.45) is 19.1 Å². The zero-order valence-electron chi connectivity index (χ0n) is 15.9. The molecule has 2 aromatic heterocycles. The van der Waals surface area contributed by atoms with E-state index in [-0.39, 0.29) is 0 Å². The Kier molecular flexibility index (Phi) is 3.83. The van der Waals surface area contributed by atoms with Gasteiger partial charge in [0, 0.05) is 42.5 Å². The summed E-state index contributed by atoms with van der Waals surface area (Å²) in [7, 11) is 5.85. The lowest BCUT2D eigenvalue weighted by molar-refractivity contribution is 0.303. The molecule has 1 aromatic carbocycles. The molecule has 0 saturated heterocycles. The fourth-order valence-corrected chi connectivity index (χ4v) is 3.63. The lowest BCUT2D eigenvalue weighted by Crippen LogP contribution is -2.02. The largest absolute Gasteiger partial charge is 0.494 e. The van der Waals surface area contributed by atoms with Crippen LogP contribution in [0, 0.1) is 13.8 Å². The van der Waals surface area contributed by atoms with Crippen molar-refractivity contribution < 1.29 is 4.74 Å². The molecule has 1 aliphatic heterocycles. The molecule has 0 radical (unpaired) electrons. The zero-order valence-corrected chi connectivity index (χ0v) is 15.9. The number of hydrogen-bond donors (Lipinski definition) is 0. The number of aryl methyl sites for hydroxylation is 3. The summed E-state index contributed by atoms with van der Waals surface area (Å²) in [6.45, 7) is 4.24. The fourth-order valence-electron chi connectivity index (χ4n) is 3.63. The van der Waals surface area contributed by atoms with Crippen molar-refractivity contribution in [1.29, 1.82) is 0 Å². The van der Waals surface area contributed by atoms with Crippen LogP contribution < -0.4 is 0 Å². The van der Waals surface area contributed by atoms with Gasteiger partial charge < -0.3 is 13.9 Å². The molecule has 26 heavy (non-hydrogen) atoms. The second kappa shape index (κ2) is 6.06. The minimum atomic E-state index is 0.795. The van der Waals surface area contributed by atoms with Crippen molar-refractivity contribution in [3.05, 3.63) is 76.6 Å². The van der Waals surface area contributed by atoms with Crippen LogP contribution in [0.2, 0.25) is 0 Å². The Balaban J connectivity index is 1.83. The van der Waals surface area contributed by atoms with E-state index in [2.05, 4.69) is 79.6 Å². The molecular formula is C22H23N3O. The van der Waals surface area contributed by atoms with Crippen molar-refractivity contribution in [2.45, 2.75) is 13.8 Å². The smallest absolute Gasteiger partial charge is 0.146 e. The second-order valence-electron chi connectivity index (χ2n) is 6.80. The van der Waals surface area contributed by atoms with Gasteiger partial charge in [-0.2, -0.15) is 0 Å². The third kappa shape index (κ3) is 2.49. The molecule has 0 saturated carbocycles. The van der Waals surface area contributed by atoms with Crippen LogP contribution in [0.25, 0.3) is 17.0 Å². The number of fused-ring (bicyclic) bond motifs is 1. The first kappa shape index (κ1) is 16.5. The van der Waals surface area contributed by atoms with Crippen molar-refractivity contribution in [3.8, 4) is 0 Å². The molecular weight excluding hydrogens is 322 g/mol. The molecule has 0 bridgehead atoms. The summed E-state index contributed by atoms with van der Waals surface area (Å²) in [5.41, 5.74) is 7.69. The molecule has 0 spiro atoms. The summed E-state index contributed by atoms with van der Waals surface area (Å²) in [5.74, 6) is 0.795. The van der Waals surface area contributed by atoms with Gasteiger partial charge in [-0.05, 0) is 43.7 Å². The number of ether oxygens (including phenoxy) is 1. The third-order valence-electron chi connectivity index (χ3n) is 5.19. The van der Waals surface area contributed by atoms with Gasteiger partial charge in [0.15, 0.2) is 0 Å². The molecule has 0 atom stereocenters. The quantitative estimate of drug-likeness (QED) is 0.687. The number of rotatable bonds is 3. The van der Waals surface area contributed by atoms with E-state index in [0.717, 1.165) is 28.6 Å². The van der Waals surface area contributed by atoms with Crippen molar-refractivity contribution in [3.63, 3.8) is 0 Å². The predicted octanol–water partition coefficient (Wildman–Crippen LogP) is 4.51. The van der Waals surface area contributed by atoms with Gasteiger partial charge in [0.1, 0.15) is 11.5 Å². The molecule has 0 unspecified atom stereocenters. The fraction of sp³-hybridized carbons (Fsp3) is 0.227. The highest BCUT2D eigenvalue weighted by Gasteiger charge is 2.20. The zero-order chi connectivity index (χ0) is 18.4. The SMILES string of the molecule is COC1=CC(c2cc3ccccc3n2C)=N/C1=C\c1c(C)cc(C)n1C. The van der Waals surface area contributed by atoms with Gasteiger partial charge in [-0.25, -0.2) is 4.99 Å². The number of hydrogen-bond acceptors (Lipinski definition) is 2. The molecule has 0 fully saturated rings. The van der Waals surface area contributed by atoms with Crippen LogP contribution in [-0.2, 0) is 18.8 Å². The number of methoxy groups -OCH3 is 1. The molecule has 0 amide bonds. The summed E-state index contributed by atoms with van der Waals surface area (Å²) >= 11 is 0. The maximum absolute atomic E-state index is 5.61. The summed E-state index contributed by atoms with van der Waals surface area (Å²) in [6, 6.07) is 12.7. The van der Waals surface area contributed by atoms with Gasteiger partial charge in [-0.15, -0.1) is 0 Å². The van der Waals surface area contributed by atoms with Crippen molar-refractivity contribution >= 4 is 22.7 Å². The number of aliphatic imine (C=N–C) groups is 1. The van der Waals surface area contributed by atoms with Crippen LogP contribution in [0.4, 0.5) is 0 Å².